The van der Waals surface area contributed by atoms with Gasteiger partial charge in [0, 0.05) is 10.2 Å². The molecule has 1 aromatic rings. The second-order valence-electron chi connectivity index (χ2n) is 4.55. The van der Waals surface area contributed by atoms with Crippen LogP contribution in [0.1, 0.15) is 0 Å². The minimum Gasteiger partial charge on any atom is -0.356 e. The van der Waals surface area contributed by atoms with Gasteiger partial charge in [0.05, 0.1) is 23.6 Å². The van der Waals surface area contributed by atoms with Crippen molar-refractivity contribution in [3.63, 3.8) is 0 Å². The molecule has 7 heteroatoms. The lowest BCUT2D eigenvalue weighted by atomic mass is 10.1. The summed E-state index contributed by atoms with van der Waals surface area (Å²) in [6, 6.07) is 7.56. The van der Waals surface area contributed by atoms with Gasteiger partial charge in [-0.1, -0.05) is 15.9 Å². The van der Waals surface area contributed by atoms with Crippen molar-refractivity contribution in [1.82, 2.24) is 5.32 Å². The molecule has 0 aliphatic carbocycles. The number of hydrogen-bond donors (Lipinski definition) is 1. The first-order chi connectivity index (χ1) is 8.46. The fourth-order valence-corrected chi connectivity index (χ4v) is 5.06. The molecule has 18 heavy (non-hydrogen) atoms. The number of rotatable bonds is 1. The van der Waals surface area contributed by atoms with Crippen LogP contribution < -0.4 is 10.2 Å². The van der Waals surface area contributed by atoms with Gasteiger partial charge in [-0.05, 0) is 36.5 Å². The molecule has 0 spiro atoms. The van der Waals surface area contributed by atoms with Crippen LogP contribution in [0.5, 0.6) is 0 Å². The number of hydrogen-bond acceptors (Lipinski definition) is 3. The molecule has 0 saturated carbocycles. The molecule has 1 N–H and O–H groups in total. The third kappa shape index (κ3) is 2.04. The topological polar surface area (TPSA) is 49.4 Å². The van der Waals surface area contributed by atoms with E-state index in [0.717, 1.165) is 10.2 Å². The fourth-order valence-electron chi connectivity index (χ4n) is 2.51. The first-order valence-electron chi connectivity index (χ1n) is 5.52. The third-order valence-electron chi connectivity index (χ3n) is 3.29. The number of thiocarbonyl (C=S) groups is 1. The van der Waals surface area contributed by atoms with Gasteiger partial charge in [-0.15, -0.1) is 0 Å². The van der Waals surface area contributed by atoms with Crippen LogP contribution in [-0.4, -0.2) is 37.1 Å². The molecule has 4 nitrogen and oxygen atoms in total. The molecule has 0 aromatic heterocycles. The van der Waals surface area contributed by atoms with E-state index in [1.54, 1.807) is 0 Å². The van der Waals surface area contributed by atoms with Crippen LogP contribution in [0.3, 0.4) is 0 Å². The Hall–Kier alpha value is -0.660. The van der Waals surface area contributed by atoms with Gasteiger partial charge in [0.25, 0.3) is 0 Å². The number of anilines is 1. The van der Waals surface area contributed by atoms with Crippen molar-refractivity contribution in [3.05, 3.63) is 28.7 Å². The van der Waals surface area contributed by atoms with E-state index in [9.17, 15) is 8.42 Å². The Labute approximate surface area is 119 Å². The van der Waals surface area contributed by atoms with Crippen LogP contribution >= 0.6 is 28.1 Å². The molecule has 0 radical (unpaired) electrons. The lowest BCUT2D eigenvalue weighted by Gasteiger charge is -2.23. The first kappa shape index (κ1) is 12.4. The number of halogens is 1. The smallest absolute Gasteiger partial charge is 0.174 e. The number of nitrogens with one attached hydrogen (secondary N) is 1. The van der Waals surface area contributed by atoms with Gasteiger partial charge in [0.15, 0.2) is 14.9 Å². The van der Waals surface area contributed by atoms with Crippen molar-refractivity contribution >= 4 is 48.8 Å². The van der Waals surface area contributed by atoms with Crippen LogP contribution in [0.4, 0.5) is 5.69 Å². The monoisotopic (exact) mass is 346 g/mol. The maximum absolute atomic E-state index is 11.7. The highest BCUT2D eigenvalue weighted by Crippen LogP contribution is 2.30. The standard InChI is InChI=1S/C11H11BrN2O2S2/c12-7-1-3-8(4-2-7)14-10-6-18(15,16)5-9(10)13-11(14)17/h1-4,9-10H,5-6H2,(H,13,17). The molecule has 2 atom stereocenters. The summed E-state index contributed by atoms with van der Waals surface area (Å²) in [5, 5.41) is 3.71. The Bertz CT molecular complexity index is 600. The summed E-state index contributed by atoms with van der Waals surface area (Å²) in [4.78, 5) is 1.91. The molecular weight excluding hydrogens is 336 g/mol. The summed E-state index contributed by atoms with van der Waals surface area (Å²) in [5.74, 6) is 0.339. The Balaban J connectivity index is 1.96. The van der Waals surface area contributed by atoms with Crippen molar-refractivity contribution in [3.8, 4) is 0 Å². The lowest BCUT2D eigenvalue weighted by Crippen LogP contribution is -2.36. The van der Waals surface area contributed by atoms with Crippen LogP contribution in [0.25, 0.3) is 0 Å². The molecule has 2 fully saturated rings. The Kier molecular flexibility index (Phi) is 2.87. The predicted octanol–water partition coefficient (Wildman–Crippen LogP) is 1.31. The van der Waals surface area contributed by atoms with Gasteiger partial charge >= 0.3 is 0 Å². The van der Waals surface area contributed by atoms with Crippen molar-refractivity contribution in [2.24, 2.45) is 0 Å². The summed E-state index contributed by atoms with van der Waals surface area (Å²) < 4.78 is 24.3. The average Bonchev–Trinajstić information content (AvgIpc) is 2.70. The molecule has 3 rings (SSSR count). The summed E-state index contributed by atoms with van der Waals surface area (Å²) in [6.07, 6.45) is 0. The maximum atomic E-state index is 11.7. The highest BCUT2D eigenvalue weighted by atomic mass is 79.9. The first-order valence-corrected chi connectivity index (χ1v) is 8.54. The molecule has 2 saturated heterocycles. The van der Waals surface area contributed by atoms with E-state index in [1.807, 2.05) is 29.2 Å². The van der Waals surface area contributed by atoms with Crippen LogP contribution in [0, 0.1) is 0 Å². The fraction of sp³-hybridized carbons (Fsp3) is 0.364. The van der Waals surface area contributed by atoms with Crippen LogP contribution in [0.2, 0.25) is 0 Å². The van der Waals surface area contributed by atoms with E-state index in [1.165, 1.54) is 0 Å². The largest absolute Gasteiger partial charge is 0.356 e. The summed E-state index contributed by atoms with van der Waals surface area (Å²) >= 11 is 8.67. The van der Waals surface area contributed by atoms with Crippen molar-refractivity contribution in [2.45, 2.75) is 12.1 Å². The Morgan fingerprint density at radius 1 is 1.28 bits per heavy atom. The molecule has 2 aliphatic rings. The van der Waals surface area contributed by atoms with Crippen LogP contribution in [-0.2, 0) is 9.84 Å². The Morgan fingerprint density at radius 3 is 2.61 bits per heavy atom. The second kappa shape index (κ2) is 4.18. The van der Waals surface area contributed by atoms with Gasteiger partial charge in [-0.3, -0.25) is 0 Å². The molecule has 0 amide bonds. The highest BCUT2D eigenvalue weighted by molar-refractivity contribution is 9.10. The van der Waals surface area contributed by atoms with E-state index in [2.05, 4.69) is 21.2 Å². The molecular formula is C11H11BrN2O2S2. The number of sulfone groups is 1. The van der Waals surface area contributed by atoms with E-state index in [0.29, 0.717) is 5.11 Å². The summed E-state index contributed by atoms with van der Waals surface area (Å²) in [7, 11) is -2.95. The zero-order valence-electron chi connectivity index (χ0n) is 9.34. The number of fused-ring (bicyclic) bond motifs is 1. The molecule has 2 aliphatic heterocycles. The second-order valence-corrected chi connectivity index (χ2v) is 8.00. The molecule has 0 bridgehead atoms. The maximum Gasteiger partial charge on any atom is 0.174 e. The van der Waals surface area contributed by atoms with E-state index in [-0.39, 0.29) is 23.6 Å². The van der Waals surface area contributed by atoms with Crippen molar-refractivity contribution in [2.75, 3.05) is 16.4 Å². The van der Waals surface area contributed by atoms with E-state index in [4.69, 9.17) is 12.2 Å². The normalized spacial score (nSPS) is 29.2. The highest BCUT2D eigenvalue weighted by Gasteiger charge is 2.47. The molecule has 96 valence electrons. The zero-order valence-corrected chi connectivity index (χ0v) is 12.6. The van der Waals surface area contributed by atoms with Crippen molar-refractivity contribution < 1.29 is 8.42 Å². The van der Waals surface area contributed by atoms with E-state index < -0.39 is 9.84 Å². The van der Waals surface area contributed by atoms with Gasteiger partial charge in [0.1, 0.15) is 0 Å². The quantitative estimate of drug-likeness (QED) is 0.777. The minimum atomic E-state index is -2.95. The molecule has 2 unspecified atom stereocenters. The summed E-state index contributed by atoms with van der Waals surface area (Å²) in [6.45, 7) is 0. The van der Waals surface area contributed by atoms with Gasteiger partial charge in [-0.25, -0.2) is 8.42 Å². The SMILES string of the molecule is O=S1(=O)CC2NC(=S)N(c3ccc(Br)cc3)C2C1. The average molecular weight is 347 g/mol. The lowest BCUT2D eigenvalue weighted by molar-refractivity contribution is 0.600. The predicted molar refractivity (Wildman–Crippen MR) is 78.6 cm³/mol. The molecule has 1 aromatic carbocycles. The van der Waals surface area contributed by atoms with Gasteiger partial charge in [-0.2, -0.15) is 0 Å². The Morgan fingerprint density at radius 2 is 1.94 bits per heavy atom. The van der Waals surface area contributed by atoms with Crippen LogP contribution in [0.15, 0.2) is 28.7 Å². The summed E-state index contributed by atoms with van der Waals surface area (Å²) in [5.41, 5.74) is 0.931. The van der Waals surface area contributed by atoms with Gasteiger partial charge < -0.3 is 10.2 Å². The minimum absolute atomic E-state index is 0.0776. The molecule has 2 heterocycles. The third-order valence-corrected chi connectivity index (χ3v) is 5.85. The zero-order chi connectivity index (χ0) is 12.9. The number of nitrogens with zero attached hydrogens (tertiary/aromatic N) is 1. The number of benzene rings is 1. The van der Waals surface area contributed by atoms with E-state index >= 15 is 0 Å². The van der Waals surface area contributed by atoms with Crippen molar-refractivity contribution in [1.29, 1.82) is 0 Å². The van der Waals surface area contributed by atoms with Gasteiger partial charge in [0.2, 0.25) is 0 Å².